The molecule has 1 amide bonds. The van der Waals surface area contributed by atoms with E-state index in [0.717, 1.165) is 25.7 Å². The summed E-state index contributed by atoms with van der Waals surface area (Å²) in [4.78, 5) is 11.7. The molecule has 1 heterocycles. The molecule has 0 aromatic heterocycles. The molecule has 2 N–H and O–H groups in total. The lowest BCUT2D eigenvalue weighted by Crippen LogP contribution is -2.41. The average Bonchev–Trinajstić information content (AvgIpc) is 2.53. The Labute approximate surface area is 136 Å². The first-order valence-electron chi connectivity index (χ1n) is 7.81. The van der Waals surface area contributed by atoms with E-state index >= 15 is 0 Å². The monoisotopic (exact) mass is 319 g/mol. The summed E-state index contributed by atoms with van der Waals surface area (Å²) < 4.78 is 12.3. The van der Waals surface area contributed by atoms with Gasteiger partial charge >= 0.3 is 7.12 Å². The second-order valence-corrected chi connectivity index (χ2v) is 6.85. The lowest BCUT2D eigenvalue weighted by atomic mass is 9.61. The van der Waals surface area contributed by atoms with Crippen LogP contribution in [-0.4, -0.2) is 24.2 Å². The Bertz CT molecular complexity index is 334. The molecule has 0 bridgehead atoms. The van der Waals surface area contributed by atoms with Gasteiger partial charge in [-0.25, -0.2) is 0 Å². The van der Waals surface area contributed by atoms with E-state index in [2.05, 4.69) is 6.92 Å². The summed E-state index contributed by atoms with van der Waals surface area (Å²) in [7, 11) is -0.344. The van der Waals surface area contributed by atoms with Crippen molar-refractivity contribution in [3.63, 3.8) is 0 Å². The Hall–Kier alpha value is -0.255. The molecule has 1 saturated heterocycles. The number of halogens is 1. The van der Waals surface area contributed by atoms with Gasteiger partial charge in [0.05, 0.1) is 11.2 Å². The first-order valence-corrected chi connectivity index (χ1v) is 7.81. The Morgan fingerprint density at radius 2 is 1.62 bits per heavy atom. The Balaban J connectivity index is 0.00000400. The molecule has 0 radical (unpaired) electrons. The van der Waals surface area contributed by atoms with Crippen LogP contribution in [0.5, 0.6) is 0 Å². The van der Waals surface area contributed by atoms with E-state index < -0.39 is 0 Å². The van der Waals surface area contributed by atoms with Gasteiger partial charge in [-0.05, 0) is 34.1 Å². The molecule has 0 spiro atoms. The fourth-order valence-corrected chi connectivity index (χ4v) is 2.75. The van der Waals surface area contributed by atoms with Gasteiger partial charge in [0.25, 0.3) is 0 Å². The Morgan fingerprint density at radius 3 is 1.95 bits per heavy atom. The van der Waals surface area contributed by atoms with Gasteiger partial charge in [-0.3, -0.25) is 4.79 Å². The summed E-state index contributed by atoms with van der Waals surface area (Å²) in [6.07, 6.45) is 3.78. The van der Waals surface area contributed by atoms with Gasteiger partial charge in [0, 0.05) is 11.7 Å². The zero-order valence-corrected chi connectivity index (χ0v) is 15.1. The highest BCUT2D eigenvalue weighted by Crippen LogP contribution is 2.43. The van der Waals surface area contributed by atoms with Crippen LogP contribution < -0.4 is 5.73 Å². The number of carbonyl (C=O) groups is 1. The minimum Gasteiger partial charge on any atom is -0.403 e. The zero-order valence-electron chi connectivity index (χ0n) is 14.3. The normalized spacial score (nSPS) is 22.5. The molecule has 1 aliphatic heterocycles. The summed E-state index contributed by atoms with van der Waals surface area (Å²) in [5, 5.41) is 0. The third-order valence-corrected chi connectivity index (χ3v) is 4.83. The third-order valence-electron chi connectivity index (χ3n) is 4.83. The molecular formula is C15H31BClNO3. The summed E-state index contributed by atoms with van der Waals surface area (Å²) in [5.41, 5.74) is 4.85. The molecule has 1 fully saturated rings. The maximum absolute atomic E-state index is 11.7. The fourth-order valence-electron chi connectivity index (χ4n) is 2.75. The van der Waals surface area contributed by atoms with Gasteiger partial charge in [0.1, 0.15) is 0 Å². The van der Waals surface area contributed by atoms with Crippen molar-refractivity contribution in [3.05, 3.63) is 0 Å². The van der Waals surface area contributed by atoms with E-state index in [1.165, 1.54) is 0 Å². The van der Waals surface area contributed by atoms with E-state index in [4.69, 9.17) is 15.0 Å². The summed E-state index contributed by atoms with van der Waals surface area (Å²) in [5.74, 6) is -0.391. The molecule has 6 heteroatoms. The molecule has 0 aromatic rings. The molecule has 0 aliphatic carbocycles. The van der Waals surface area contributed by atoms with Crippen LogP contribution in [0.1, 0.15) is 67.2 Å². The number of unbranched alkanes of at least 4 members (excludes halogenated alkanes) is 1. The van der Waals surface area contributed by atoms with Crippen molar-refractivity contribution in [2.45, 2.75) is 84.2 Å². The largest absolute Gasteiger partial charge is 0.461 e. The van der Waals surface area contributed by atoms with Crippen molar-refractivity contribution in [1.82, 2.24) is 0 Å². The summed E-state index contributed by atoms with van der Waals surface area (Å²) in [6.45, 7) is 12.3. The highest BCUT2D eigenvalue weighted by atomic mass is 35.5. The molecule has 0 aromatic carbocycles. The van der Waals surface area contributed by atoms with E-state index in [1.807, 2.05) is 34.6 Å². The number of carbonyl (C=O) groups excluding carboxylic acids is 1. The maximum atomic E-state index is 11.7. The zero-order chi connectivity index (χ0) is 15.6. The maximum Gasteiger partial charge on any atom is 0.461 e. The molecular weight excluding hydrogens is 288 g/mol. The highest BCUT2D eigenvalue weighted by molar-refractivity contribution is 6.48. The minimum absolute atomic E-state index is 0. The van der Waals surface area contributed by atoms with Crippen molar-refractivity contribution in [2.24, 2.45) is 11.7 Å². The predicted octanol–water partition coefficient (Wildman–Crippen LogP) is 3.57. The van der Waals surface area contributed by atoms with Crippen molar-refractivity contribution in [2.75, 3.05) is 0 Å². The quantitative estimate of drug-likeness (QED) is 0.730. The highest BCUT2D eigenvalue weighted by Gasteiger charge is 2.55. The predicted molar refractivity (Wildman–Crippen MR) is 89.6 cm³/mol. The second kappa shape index (κ2) is 7.84. The lowest BCUT2D eigenvalue weighted by Gasteiger charge is -2.32. The number of hydrogen-bond donors (Lipinski definition) is 1. The first-order chi connectivity index (χ1) is 9.16. The standard InChI is InChI=1S/C15H30BNO3.ClH/c1-7-9-10-12(11(8-2)13(17)18)16-19-14(3,4)15(5,6)20-16;/h11-12H,7-10H2,1-6H3,(H2,17,18);1H/t11?,12-;/m1./s1. The van der Waals surface area contributed by atoms with Crippen molar-refractivity contribution in [1.29, 1.82) is 0 Å². The van der Waals surface area contributed by atoms with E-state index in [0.29, 0.717) is 0 Å². The number of amides is 1. The van der Waals surface area contributed by atoms with Crippen LogP contribution in [0.2, 0.25) is 5.82 Å². The van der Waals surface area contributed by atoms with Gasteiger partial charge in [-0.15, -0.1) is 12.4 Å². The number of primary amides is 1. The van der Waals surface area contributed by atoms with Crippen LogP contribution in [0.15, 0.2) is 0 Å². The van der Waals surface area contributed by atoms with Crippen LogP contribution >= 0.6 is 12.4 Å². The molecule has 1 rings (SSSR count). The SMILES string of the molecule is CCCC[C@@H](B1OC(C)(C)C(C)(C)O1)C(CC)C(N)=O.Cl. The van der Waals surface area contributed by atoms with Gasteiger partial charge in [-0.1, -0.05) is 33.1 Å². The van der Waals surface area contributed by atoms with Crippen molar-refractivity contribution in [3.8, 4) is 0 Å². The van der Waals surface area contributed by atoms with Crippen LogP contribution in [0, 0.1) is 5.92 Å². The third kappa shape index (κ3) is 4.60. The fraction of sp³-hybridized carbons (Fsp3) is 0.933. The average molecular weight is 320 g/mol. The minimum atomic E-state index is -0.363. The number of nitrogens with two attached hydrogens (primary N) is 1. The van der Waals surface area contributed by atoms with Gasteiger partial charge in [0.2, 0.25) is 5.91 Å². The van der Waals surface area contributed by atoms with Crippen LogP contribution in [-0.2, 0) is 14.1 Å². The van der Waals surface area contributed by atoms with E-state index in [-0.39, 0.29) is 48.4 Å². The van der Waals surface area contributed by atoms with Gasteiger partial charge in [-0.2, -0.15) is 0 Å². The number of hydrogen-bond acceptors (Lipinski definition) is 3. The van der Waals surface area contributed by atoms with Gasteiger partial charge < -0.3 is 15.0 Å². The smallest absolute Gasteiger partial charge is 0.403 e. The molecule has 124 valence electrons. The molecule has 2 atom stereocenters. The van der Waals surface area contributed by atoms with Crippen LogP contribution in [0.4, 0.5) is 0 Å². The van der Waals surface area contributed by atoms with Crippen LogP contribution in [0.3, 0.4) is 0 Å². The van der Waals surface area contributed by atoms with Gasteiger partial charge in [0.15, 0.2) is 0 Å². The molecule has 21 heavy (non-hydrogen) atoms. The lowest BCUT2D eigenvalue weighted by molar-refractivity contribution is -0.122. The molecule has 1 aliphatic rings. The molecule has 4 nitrogen and oxygen atoms in total. The topological polar surface area (TPSA) is 61.6 Å². The Morgan fingerprint density at radius 1 is 1.14 bits per heavy atom. The van der Waals surface area contributed by atoms with Crippen molar-refractivity contribution < 1.29 is 14.1 Å². The van der Waals surface area contributed by atoms with E-state index in [1.54, 1.807) is 0 Å². The van der Waals surface area contributed by atoms with Crippen molar-refractivity contribution >= 4 is 25.4 Å². The summed E-state index contributed by atoms with van der Waals surface area (Å²) >= 11 is 0. The number of rotatable bonds is 7. The Kier molecular flexibility index (Phi) is 7.75. The van der Waals surface area contributed by atoms with Crippen LogP contribution in [0.25, 0.3) is 0 Å². The first kappa shape index (κ1) is 20.7. The van der Waals surface area contributed by atoms with E-state index in [9.17, 15) is 4.79 Å². The molecule has 1 unspecified atom stereocenters. The summed E-state index contributed by atoms with van der Waals surface area (Å²) in [6, 6.07) is 0. The molecule has 0 saturated carbocycles. The second-order valence-electron chi connectivity index (χ2n) is 6.85.